The Morgan fingerprint density at radius 3 is 2.90 bits per heavy atom. The molecule has 0 saturated heterocycles. The predicted molar refractivity (Wildman–Crippen MR) is 81.3 cm³/mol. The lowest BCUT2D eigenvalue weighted by atomic mass is 10.4. The molecule has 0 aliphatic carbocycles. The highest BCUT2D eigenvalue weighted by atomic mass is 79.9. The summed E-state index contributed by atoms with van der Waals surface area (Å²) in [5.41, 5.74) is 0.127. The number of aromatic nitrogens is 2. The number of halogens is 1. The number of nitrogens with one attached hydrogen (secondary N) is 2. The van der Waals surface area contributed by atoms with E-state index in [1.807, 2.05) is 0 Å². The molecule has 0 aliphatic rings. The topological polar surface area (TPSA) is 105 Å². The normalized spacial score (nSPS) is 12.0. The lowest BCUT2D eigenvalue weighted by molar-refractivity contribution is -0.141. The minimum atomic E-state index is -0.542. The van der Waals surface area contributed by atoms with Crippen LogP contribution in [0, 0.1) is 0 Å². The van der Waals surface area contributed by atoms with Crippen LogP contribution < -0.4 is 16.2 Å². The first-order chi connectivity index (χ1) is 9.95. The van der Waals surface area contributed by atoms with Gasteiger partial charge in [0.1, 0.15) is 11.0 Å². The number of methoxy groups -OCH3 is 1. The summed E-state index contributed by atoms with van der Waals surface area (Å²) in [7, 11) is 1.25. The van der Waals surface area contributed by atoms with Crippen LogP contribution in [0.15, 0.2) is 15.5 Å². The second-order valence-electron chi connectivity index (χ2n) is 4.39. The lowest BCUT2D eigenvalue weighted by Crippen LogP contribution is -2.30. The molecular weight excluding hydrogens is 344 g/mol. The maximum absolute atomic E-state index is 12.0. The smallest absolute Gasteiger partial charge is 0.327 e. The summed E-state index contributed by atoms with van der Waals surface area (Å²) in [5.74, 6) is -0.542. The van der Waals surface area contributed by atoms with Crippen molar-refractivity contribution in [3.63, 3.8) is 0 Å². The van der Waals surface area contributed by atoms with E-state index in [4.69, 9.17) is 5.11 Å². The standard InChI is InChI=1S/C12H19BrN4O4/c1-8(18)5-14-3-4-15-9-6-16-17(7-10(19)21-2)12(20)11(9)13/h6,8,14-15,18H,3-5,7H2,1-2H3. The van der Waals surface area contributed by atoms with Gasteiger partial charge in [0.25, 0.3) is 5.56 Å². The number of rotatable bonds is 8. The van der Waals surface area contributed by atoms with Gasteiger partial charge in [-0.05, 0) is 22.9 Å². The average Bonchev–Trinajstić information content (AvgIpc) is 2.45. The first-order valence-electron chi connectivity index (χ1n) is 6.40. The van der Waals surface area contributed by atoms with Crippen molar-refractivity contribution in [2.45, 2.75) is 19.6 Å². The number of aliphatic hydroxyl groups is 1. The zero-order chi connectivity index (χ0) is 15.8. The lowest BCUT2D eigenvalue weighted by Gasteiger charge is -2.11. The van der Waals surface area contributed by atoms with Gasteiger partial charge in [0.05, 0.1) is 25.1 Å². The molecule has 0 amide bonds. The highest BCUT2D eigenvalue weighted by Gasteiger charge is 2.11. The van der Waals surface area contributed by atoms with Gasteiger partial charge in [-0.3, -0.25) is 9.59 Å². The molecule has 0 aromatic carbocycles. The fraction of sp³-hybridized carbons (Fsp3) is 0.583. The third-order valence-electron chi connectivity index (χ3n) is 2.55. The SMILES string of the molecule is COC(=O)Cn1ncc(NCCNCC(C)O)c(Br)c1=O. The van der Waals surface area contributed by atoms with E-state index >= 15 is 0 Å². The van der Waals surface area contributed by atoms with Crippen molar-refractivity contribution < 1.29 is 14.6 Å². The van der Waals surface area contributed by atoms with Crippen molar-refractivity contribution in [2.75, 3.05) is 32.1 Å². The van der Waals surface area contributed by atoms with Crippen LogP contribution in [0.25, 0.3) is 0 Å². The molecule has 8 nitrogen and oxygen atoms in total. The Morgan fingerprint density at radius 1 is 1.57 bits per heavy atom. The number of hydrogen-bond acceptors (Lipinski definition) is 7. The number of carbonyl (C=O) groups excluding carboxylic acids is 1. The van der Waals surface area contributed by atoms with E-state index in [0.29, 0.717) is 29.8 Å². The van der Waals surface area contributed by atoms with E-state index in [1.165, 1.54) is 13.3 Å². The third kappa shape index (κ3) is 5.82. The maximum Gasteiger partial charge on any atom is 0.327 e. The highest BCUT2D eigenvalue weighted by molar-refractivity contribution is 9.10. The summed E-state index contributed by atoms with van der Waals surface area (Å²) < 4.78 is 5.82. The van der Waals surface area contributed by atoms with Crippen molar-refractivity contribution in [3.05, 3.63) is 21.0 Å². The molecule has 9 heteroatoms. The Labute approximate surface area is 130 Å². The Balaban J connectivity index is 2.59. The number of hydrogen-bond donors (Lipinski definition) is 3. The molecule has 1 aromatic heterocycles. The summed E-state index contributed by atoms with van der Waals surface area (Å²) in [6, 6.07) is 0. The molecule has 0 saturated carbocycles. The highest BCUT2D eigenvalue weighted by Crippen LogP contribution is 2.15. The summed E-state index contributed by atoms with van der Waals surface area (Å²) in [4.78, 5) is 23.1. The molecule has 0 bridgehead atoms. The van der Waals surface area contributed by atoms with Gasteiger partial charge < -0.3 is 20.5 Å². The number of aliphatic hydroxyl groups excluding tert-OH is 1. The number of nitrogens with zero attached hydrogens (tertiary/aromatic N) is 2. The number of ether oxygens (including phenoxy) is 1. The monoisotopic (exact) mass is 362 g/mol. The van der Waals surface area contributed by atoms with E-state index in [1.54, 1.807) is 6.92 Å². The van der Waals surface area contributed by atoms with Crippen molar-refractivity contribution >= 4 is 27.6 Å². The van der Waals surface area contributed by atoms with Gasteiger partial charge in [-0.15, -0.1) is 0 Å². The van der Waals surface area contributed by atoms with E-state index in [0.717, 1.165) is 4.68 Å². The van der Waals surface area contributed by atoms with Gasteiger partial charge in [-0.25, -0.2) is 4.68 Å². The van der Waals surface area contributed by atoms with E-state index in [2.05, 4.69) is 36.4 Å². The van der Waals surface area contributed by atoms with Gasteiger partial charge in [0, 0.05) is 19.6 Å². The largest absolute Gasteiger partial charge is 0.468 e. The molecule has 118 valence electrons. The molecule has 1 heterocycles. The van der Waals surface area contributed by atoms with Gasteiger partial charge in [-0.1, -0.05) is 0 Å². The van der Waals surface area contributed by atoms with Crippen molar-refractivity contribution in [1.29, 1.82) is 0 Å². The van der Waals surface area contributed by atoms with Crippen LogP contribution in [0.4, 0.5) is 5.69 Å². The van der Waals surface area contributed by atoms with Crippen molar-refractivity contribution in [2.24, 2.45) is 0 Å². The maximum atomic E-state index is 12.0. The Bertz CT molecular complexity index is 532. The fourth-order valence-corrected chi connectivity index (χ4v) is 1.93. The van der Waals surface area contributed by atoms with Crippen molar-refractivity contribution in [1.82, 2.24) is 15.1 Å². The van der Waals surface area contributed by atoms with E-state index in [-0.39, 0.29) is 6.54 Å². The van der Waals surface area contributed by atoms with Gasteiger partial charge in [-0.2, -0.15) is 5.10 Å². The van der Waals surface area contributed by atoms with E-state index < -0.39 is 17.6 Å². The molecule has 1 unspecified atom stereocenters. The van der Waals surface area contributed by atoms with Crippen LogP contribution >= 0.6 is 15.9 Å². The molecule has 3 N–H and O–H groups in total. The predicted octanol–water partition coefficient (Wildman–Crippen LogP) is -0.439. The second kappa shape index (κ2) is 8.75. The van der Waals surface area contributed by atoms with Crippen LogP contribution in [0.2, 0.25) is 0 Å². The zero-order valence-corrected chi connectivity index (χ0v) is 13.5. The molecular formula is C12H19BrN4O4. The van der Waals surface area contributed by atoms with Crippen LogP contribution in [-0.4, -0.2) is 53.7 Å². The Hall–Kier alpha value is -1.45. The van der Waals surface area contributed by atoms with Gasteiger partial charge >= 0.3 is 5.97 Å². The number of esters is 1. The fourth-order valence-electron chi connectivity index (χ4n) is 1.48. The first-order valence-corrected chi connectivity index (χ1v) is 7.20. The zero-order valence-electron chi connectivity index (χ0n) is 11.9. The number of carbonyl (C=O) groups is 1. The Morgan fingerprint density at radius 2 is 2.29 bits per heavy atom. The minimum Gasteiger partial charge on any atom is -0.468 e. The Kier molecular flexibility index (Phi) is 7.34. The molecule has 0 fully saturated rings. The summed E-state index contributed by atoms with van der Waals surface area (Å²) in [6.45, 7) is 3.16. The van der Waals surface area contributed by atoms with Crippen LogP contribution in [0.5, 0.6) is 0 Å². The second-order valence-corrected chi connectivity index (χ2v) is 5.18. The number of anilines is 1. The molecule has 1 atom stereocenters. The van der Waals surface area contributed by atoms with Crippen molar-refractivity contribution in [3.8, 4) is 0 Å². The first kappa shape index (κ1) is 17.6. The quantitative estimate of drug-likeness (QED) is 0.425. The van der Waals surface area contributed by atoms with E-state index in [9.17, 15) is 9.59 Å². The summed E-state index contributed by atoms with van der Waals surface area (Å²) in [6.07, 6.45) is 1.06. The molecule has 0 aliphatic heterocycles. The van der Waals surface area contributed by atoms with Crippen LogP contribution in [0.3, 0.4) is 0 Å². The summed E-state index contributed by atoms with van der Waals surface area (Å²) in [5, 5.41) is 19.1. The van der Waals surface area contributed by atoms with Gasteiger partial charge in [0.15, 0.2) is 0 Å². The minimum absolute atomic E-state index is 0.232. The summed E-state index contributed by atoms with van der Waals surface area (Å²) >= 11 is 3.19. The third-order valence-corrected chi connectivity index (χ3v) is 3.31. The molecule has 21 heavy (non-hydrogen) atoms. The molecule has 1 aromatic rings. The average molecular weight is 363 g/mol. The van der Waals surface area contributed by atoms with Gasteiger partial charge in [0.2, 0.25) is 0 Å². The molecule has 1 rings (SSSR count). The van der Waals surface area contributed by atoms with Crippen LogP contribution in [0.1, 0.15) is 6.92 Å². The molecule has 0 spiro atoms. The molecule has 0 radical (unpaired) electrons. The van der Waals surface area contributed by atoms with Crippen LogP contribution in [-0.2, 0) is 16.1 Å².